The first-order chi connectivity index (χ1) is 13.3. The van der Waals surface area contributed by atoms with Gasteiger partial charge in [-0.3, -0.25) is 9.59 Å². The fourth-order valence-electron chi connectivity index (χ4n) is 2.37. The summed E-state index contributed by atoms with van der Waals surface area (Å²) in [4.78, 5) is 23.4. The summed E-state index contributed by atoms with van der Waals surface area (Å²) in [5, 5.41) is 5.23. The van der Waals surface area contributed by atoms with Crippen molar-refractivity contribution in [3.8, 4) is 5.75 Å². The molecule has 3 N–H and O–H groups in total. The smallest absolute Gasteiger partial charge is 0.251 e. The molecule has 2 amide bonds. The Bertz CT molecular complexity index is 927. The molecule has 9 heteroatoms. The number of hydrogen-bond acceptors (Lipinski definition) is 5. The molecule has 0 atom stereocenters. The lowest BCUT2D eigenvalue weighted by molar-refractivity contribution is -0.114. The van der Waals surface area contributed by atoms with E-state index in [-0.39, 0.29) is 29.8 Å². The molecule has 0 unspecified atom stereocenters. The second-order valence-corrected chi connectivity index (χ2v) is 7.59. The molecule has 0 aliphatic heterocycles. The second-order valence-electron chi connectivity index (χ2n) is 5.82. The van der Waals surface area contributed by atoms with Crippen LogP contribution in [0.2, 0.25) is 0 Å². The third-order valence-electron chi connectivity index (χ3n) is 3.59. The van der Waals surface area contributed by atoms with E-state index in [0.717, 1.165) is 0 Å². The number of ether oxygens (including phenoxy) is 1. The van der Waals surface area contributed by atoms with Gasteiger partial charge in [-0.2, -0.15) is 0 Å². The van der Waals surface area contributed by atoms with Gasteiger partial charge in [-0.15, -0.1) is 0 Å². The van der Waals surface area contributed by atoms with Gasteiger partial charge in [-0.25, -0.2) is 13.1 Å². The van der Waals surface area contributed by atoms with E-state index in [9.17, 15) is 18.0 Å². The fourth-order valence-corrected chi connectivity index (χ4v) is 3.40. The molecule has 0 heterocycles. The average molecular weight is 405 g/mol. The number of sulfonamides is 1. The minimum absolute atomic E-state index is 0.0344. The maximum absolute atomic E-state index is 12.3. The summed E-state index contributed by atoms with van der Waals surface area (Å²) < 4.78 is 32.2. The lowest BCUT2D eigenvalue weighted by atomic mass is 10.2. The quantitative estimate of drug-likeness (QED) is 0.550. The molecule has 0 aliphatic rings. The number of rotatable bonds is 9. The lowest BCUT2D eigenvalue weighted by Crippen LogP contribution is -2.34. The zero-order valence-electron chi connectivity index (χ0n) is 15.7. The summed E-state index contributed by atoms with van der Waals surface area (Å²) in [5.41, 5.74) is 0.872. The molecule has 0 saturated heterocycles. The van der Waals surface area contributed by atoms with Crippen molar-refractivity contribution in [2.75, 3.05) is 25.0 Å². The van der Waals surface area contributed by atoms with Crippen LogP contribution in [0.4, 0.5) is 5.69 Å². The van der Waals surface area contributed by atoms with Crippen molar-refractivity contribution in [2.24, 2.45) is 0 Å². The van der Waals surface area contributed by atoms with Gasteiger partial charge in [-0.1, -0.05) is 6.07 Å². The molecule has 0 fully saturated rings. The highest BCUT2D eigenvalue weighted by Crippen LogP contribution is 2.15. The first-order valence-corrected chi connectivity index (χ1v) is 10.2. The first kappa shape index (κ1) is 21.4. The molecule has 0 spiro atoms. The van der Waals surface area contributed by atoms with Gasteiger partial charge >= 0.3 is 0 Å². The summed E-state index contributed by atoms with van der Waals surface area (Å²) in [6.07, 6.45) is 0. The van der Waals surface area contributed by atoms with Crippen molar-refractivity contribution >= 4 is 27.5 Å². The molecule has 8 nitrogen and oxygen atoms in total. The van der Waals surface area contributed by atoms with Crippen molar-refractivity contribution in [1.29, 1.82) is 0 Å². The Morgan fingerprint density at radius 3 is 2.39 bits per heavy atom. The number of carbonyl (C=O) groups excluding carboxylic acids is 2. The van der Waals surface area contributed by atoms with Crippen LogP contribution in [-0.2, 0) is 14.8 Å². The molecule has 0 saturated carbocycles. The molecule has 2 rings (SSSR count). The topological polar surface area (TPSA) is 114 Å². The Balaban J connectivity index is 1.86. The Labute approximate surface area is 164 Å². The van der Waals surface area contributed by atoms with Crippen molar-refractivity contribution < 1.29 is 22.7 Å². The van der Waals surface area contributed by atoms with Crippen LogP contribution in [0.15, 0.2) is 53.4 Å². The Kier molecular flexibility index (Phi) is 7.53. The van der Waals surface area contributed by atoms with E-state index >= 15 is 0 Å². The van der Waals surface area contributed by atoms with Crippen LogP contribution in [0.5, 0.6) is 5.75 Å². The zero-order chi connectivity index (χ0) is 20.6. The lowest BCUT2D eigenvalue weighted by Gasteiger charge is -2.10. The van der Waals surface area contributed by atoms with E-state index in [1.165, 1.54) is 19.1 Å². The van der Waals surface area contributed by atoms with Gasteiger partial charge in [0.05, 0.1) is 11.5 Å². The molecule has 0 bridgehead atoms. The van der Waals surface area contributed by atoms with Gasteiger partial charge in [0, 0.05) is 31.3 Å². The third-order valence-corrected chi connectivity index (χ3v) is 5.07. The van der Waals surface area contributed by atoms with E-state index < -0.39 is 10.0 Å². The van der Waals surface area contributed by atoms with Crippen LogP contribution in [0.1, 0.15) is 24.2 Å². The van der Waals surface area contributed by atoms with E-state index in [2.05, 4.69) is 15.4 Å². The van der Waals surface area contributed by atoms with Gasteiger partial charge < -0.3 is 15.4 Å². The van der Waals surface area contributed by atoms with Crippen LogP contribution < -0.4 is 20.1 Å². The second kappa shape index (κ2) is 9.86. The maximum atomic E-state index is 12.3. The number of benzene rings is 2. The molecular formula is C19H23N3O5S. The summed E-state index contributed by atoms with van der Waals surface area (Å²) in [7, 11) is -3.68. The molecule has 28 heavy (non-hydrogen) atoms. The summed E-state index contributed by atoms with van der Waals surface area (Å²) in [6.45, 7) is 3.86. The summed E-state index contributed by atoms with van der Waals surface area (Å²) >= 11 is 0. The monoisotopic (exact) mass is 405 g/mol. The summed E-state index contributed by atoms with van der Waals surface area (Å²) in [5.74, 6) is -0.0103. The van der Waals surface area contributed by atoms with E-state index in [1.807, 2.05) is 6.92 Å². The Morgan fingerprint density at radius 1 is 1.04 bits per heavy atom. The van der Waals surface area contributed by atoms with Gasteiger partial charge in [0.15, 0.2) is 0 Å². The number of anilines is 1. The van der Waals surface area contributed by atoms with Gasteiger partial charge in [0.2, 0.25) is 15.9 Å². The number of amides is 2. The van der Waals surface area contributed by atoms with Crippen molar-refractivity contribution in [3.05, 3.63) is 54.1 Å². The minimum Gasteiger partial charge on any atom is -0.494 e. The molecule has 2 aromatic carbocycles. The van der Waals surface area contributed by atoms with E-state index in [1.54, 1.807) is 36.4 Å². The highest BCUT2D eigenvalue weighted by molar-refractivity contribution is 7.89. The van der Waals surface area contributed by atoms with E-state index in [4.69, 9.17) is 4.74 Å². The van der Waals surface area contributed by atoms with Gasteiger partial charge in [0.25, 0.3) is 5.91 Å². The van der Waals surface area contributed by atoms with Crippen LogP contribution in [0.25, 0.3) is 0 Å². The SMILES string of the molecule is CCOc1ccc(S(=O)(=O)NCCNC(=O)c2cccc(NC(C)=O)c2)cc1. The molecule has 2 aromatic rings. The standard InChI is InChI=1S/C19H23N3O5S/c1-3-27-17-7-9-18(10-8-17)28(25,26)21-12-11-20-19(24)15-5-4-6-16(13-15)22-14(2)23/h4-10,13,21H,3,11-12H2,1-2H3,(H,20,24)(H,22,23). The van der Waals surface area contributed by atoms with Crippen molar-refractivity contribution in [2.45, 2.75) is 18.7 Å². The number of nitrogens with one attached hydrogen (secondary N) is 3. The van der Waals surface area contributed by atoms with Crippen molar-refractivity contribution in [1.82, 2.24) is 10.0 Å². The van der Waals surface area contributed by atoms with Crippen molar-refractivity contribution in [3.63, 3.8) is 0 Å². The predicted octanol–water partition coefficient (Wildman–Crippen LogP) is 1.75. The first-order valence-electron chi connectivity index (χ1n) is 8.70. The normalized spacial score (nSPS) is 10.9. The van der Waals surface area contributed by atoms with Gasteiger partial charge in [0.1, 0.15) is 5.75 Å². The van der Waals surface area contributed by atoms with Crippen LogP contribution in [0, 0.1) is 0 Å². The van der Waals surface area contributed by atoms with E-state index in [0.29, 0.717) is 23.6 Å². The Morgan fingerprint density at radius 2 is 1.75 bits per heavy atom. The molecule has 150 valence electrons. The Hall–Kier alpha value is -2.91. The van der Waals surface area contributed by atoms with Gasteiger partial charge in [-0.05, 0) is 49.4 Å². The molecule has 0 aromatic heterocycles. The number of carbonyl (C=O) groups is 2. The highest BCUT2D eigenvalue weighted by Gasteiger charge is 2.14. The molecular weight excluding hydrogens is 382 g/mol. The van der Waals surface area contributed by atoms with Crippen LogP contribution >= 0.6 is 0 Å². The van der Waals surface area contributed by atoms with Crippen LogP contribution in [0.3, 0.4) is 0 Å². The third kappa shape index (κ3) is 6.36. The predicted molar refractivity (Wildman–Crippen MR) is 106 cm³/mol. The fraction of sp³-hybridized carbons (Fsp3) is 0.263. The highest BCUT2D eigenvalue weighted by atomic mass is 32.2. The largest absolute Gasteiger partial charge is 0.494 e. The molecule has 0 aliphatic carbocycles. The average Bonchev–Trinajstić information content (AvgIpc) is 2.65. The summed E-state index contributed by atoms with van der Waals surface area (Å²) in [6, 6.07) is 12.5. The maximum Gasteiger partial charge on any atom is 0.251 e. The molecule has 0 radical (unpaired) electrons. The minimum atomic E-state index is -3.68. The number of hydrogen-bond donors (Lipinski definition) is 3. The van der Waals surface area contributed by atoms with Crippen LogP contribution in [-0.4, -0.2) is 39.9 Å². The zero-order valence-corrected chi connectivity index (χ0v) is 16.5.